The van der Waals surface area contributed by atoms with E-state index in [-0.39, 0.29) is 0 Å². The van der Waals surface area contributed by atoms with Crippen molar-refractivity contribution >= 4 is 22.7 Å². The molecule has 0 spiro atoms. The van der Waals surface area contributed by atoms with Crippen LogP contribution in [0.5, 0.6) is 0 Å². The van der Waals surface area contributed by atoms with Crippen molar-refractivity contribution in [2.45, 2.75) is 10.6 Å². The lowest BCUT2D eigenvalue weighted by molar-refractivity contribution is 1.34. The van der Waals surface area contributed by atoms with Gasteiger partial charge in [-0.15, -0.1) is 11.8 Å². The van der Waals surface area contributed by atoms with Gasteiger partial charge >= 0.3 is 0 Å². The molecule has 0 bridgehead atoms. The van der Waals surface area contributed by atoms with Crippen LogP contribution in [0.25, 0.3) is 10.9 Å². The summed E-state index contributed by atoms with van der Waals surface area (Å²) in [4.78, 5) is 5.68. The minimum atomic E-state index is 0.995. The van der Waals surface area contributed by atoms with Crippen LogP contribution in [0.15, 0.2) is 71.8 Å². The highest BCUT2D eigenvalue weighted by Crippen LogP contribution is 2.28. The Morgan fingerprint density at radius 3 is 2.50 bits per heavy atom. The topological polar surface area (TPSA) is 12.9 Å². The molecule has 88 valence electrons. The lowest BCUT2D eigenvalue weighted by Crippen LogP contribution is -1.83. The summed E-state index contributed by atoms with van der Waals surface area (Å²) >= 11 is 1.86. The van der Waals surface area contributed by atoms with Crippen molar-refractivity contribution in [3.05, 3.63) is 72.4 Å². The summed E-state index contributed by atoms with van der Waals surface area (Å²) in [6.45, 7) is 0. The predicted molar refractivity (Wildman–Crippen MR) is 77.7 cm³/mol. The molecule has 0 aliphatic rings. The maximum absolute atomic E-state index is 4.38. The Morgan fingerprint density at radius 2 is 1.61 bits per heavy atom. The Kier molecular flexibility index (Phi) is 3.29. The molecular weight excluding hydrogens is 238 g/mol. The number of thioether (sulfide) groups is 1. The third-order valence-electron chi connectivity index (χ3n) is 2.85. The second kappa shape index (κ2) is 5.23. The number of benzene rings is 2. The van der Waals surface area contributed by atoms with Crippen molar-refractivity contribution in [1.29, 1.82) is 0 Å². The van der Waals surface area contributed by atoms with Crippen LogP contribution in [0, 0.1) is 0 Å². The quantitative estimate of drug-likeness (QED) is 0.634. The molecule has 0 atom stereocenters. The molecule has 3 rings (SSSR count). The second-order valence-electron chi connectivity index (χ2n) is 4.10. The zero-order valence-electron chi connectivity index (χ0n) is 9.91. The van der Waals surface area contributed by atoms with Gasteiger partial charge in [0.05, 0.1) is 5.52 Å². The fourth-order valence-electron chi connectivity index (χ4n) is 1.93. The largest absolute Gasteiger partial charge is 0.256 e. The normalized spacial score (nSPS) is 10.7. The van der Waals surface area contributed by atoms with Crippen LogP contribution in [0.2, 0.25) is 0 Å². The molecule has 0 saturated heterocycles. The van der Waals surface area contributed by atoms with E-state index in [1.165, 1.54) is 15.8 Å². The van der Waals surface area contributed by atoms with Gasteiger partial charge in [0, 0.05) is 22.2 Å². The maximum atomic E-state index is 4.38. The number of pyridine rings is 1. The number of hydrogen-bond donors (Lipinski definition) is 0. The molecule has 0 saturated carbocycles. The summed E-state index contributed by atoms with van der Waals surface area (Å²) in [7, 11) is 0. The average Bonchev–Trinajstić information content (AvgIpc) is 2.46. The minimum Gasteiger partial charge on any atom is -0.256 e. The van der Waals surface area contributed by atoms with Crippen molar-refractivity contribution in [2.24, 2.45) is 0 Å². The molecule has 1 heterocycles. The van der Waals surface area contributed by atoms with Gasteiger partial charge in [0.15, 0.2) is 0 Å². The standard InChI is InChI=1S/C16H13NS/c1-2-6-13(7-3-1)12-18-16-10-11-17-15-9-5-4-8-14(15)16/h1-11H,12H2. The predicted octanol–water partition coefficient (Wildman–Crippen LogP) is 4.53. The van der Waals surface area contributed by atoms with Crippen LogP contribution < -0.4 is 0 Å². The van der Waals surface area contributed by atoms with E-state index in [0.717, 1.165) is 11.3 Å². The van der Waals surface area contributed by atoms with Crippen LogP contribution in [0.1, 0.15) is 5.56 Å². The first-order valence-electron chi connectivity index (χ1n) is 5.94. The fraction of sp³-hybridized carbons (Fsp3) is 0.0625. The molecule has 0 N–H and O–H groups in total. The highest BCUT2D eigenvalue weighted by molar-refractivity contribution is 7.98. The highest BCUT2D eigenvalue weighted by atomic mass is 32.2. The van der Waals surface area contributed by atoms with Crippen LogP contribution in [0.4, 0.5) is 0 Å². The van der Waals surface area contributed by atoms with E-state index in [0.29, 0.717) is 0 Å². The van der Waals surface area contributed by atoms with Crippen molar-refractivity contribution in [3.63, 3.8) is 0 Å². The summed E-state index contributed by atoms with van der Waals surface area (Å²) in [5, 5.41) is 1.24. The van der Waals surface area contributed by atoms with E-state index in [9.17, 15) is 0 Å². The monoisotopic (exact) mass is 251 g/mol. The number of para-hydroxylation sites is 1. The van der Waals surface area contributed by atoms with E-state index in [2.05, 4.69) is 59.6 Å². The van der Waals surface area contributed by atoms with Crippen LogP contribution >= 0.6 is 11.8 Å². The first-order chi connectivity index (χ1) is 8.93. The molecule has 0 fully saturated rings. The van der Waals surface area contributed by atoms with Gasteiger partial charge < -0.3 is 0 Å². The Balaban J connectivity index is 1.87. The van der Waals surface area contributed by atoms with Gasteiger partial charge in [0.25, 0.3) is 0 Å². The smallest absolute Gasteiger partial charge is 0.0713 e. The Hall–Kier alpha value is -1.80. The summed E-state index contributed by atoms with van der Waals surface area (Å²) in [6.07, 6.45) is 1.88. The molecule has 0 aliphatic carbocycles. The SMILES string of the molecule is c1ccc(CSc2ccnc3ccccc23)cc1. The minimum absolute atomic E-state index is 0.995. The second-order valence-corrected chi connectivity index (χ2v) is 5.12. The number of nitrogens with zero attached hydrogens (tertiary/aromatic N) is 1. The van der Waals surface area contributed by atoms with Gasteiger partial charge in [-0.2, -0.15) is 0 Å². The summed E-state index contributed by atoms with van der Waals surface area (Å²) in [5.74, 6) is 0.995. The molecule has 0 aliphatic heterocycles. The van der Waals surface area contributed by atoms with E-state index < -0.39 is 0 Å². The third kappa shape index (κ3) is 2.39. The van der Waals surface area contributed by atoms with Gasteiger partial charge in [-0.05, 0) is 17.7 Å². The number of aromatic nitrogens is 1. The van der Waals surface area contributed by atoms with Crippen molar-refractivity contribution < 1.29 is 0 Å². The molecule has 2 aromatic carbocycles. The Bertz CT molecular complexity index is 644. The van der Waals surface area contributed by atoms with E-state index >= 15 is 0 Å². The lowest BCUT2D eigenvalue weighted by Gasteiger charge is -2.05. The molecule has 18 heavy (non-hydrogen) atoms. The van der Waals surface area contributed by atoms with E-state index in [1.807, 2.05) is 24.0 Å². The van der Waals surface area contributed by atoms with E-state index in [1.54, 1.807) is 0 Å². The van der Waals surface area contributed by atoms with E-state index in [4.69, 9.17) is 0 Å². The molecular formula is C16H13NS. The first-order valence-corrected chi connectivity index (χ1v) is 6.92. The number of hydrogen-bond acceptors (Lipinski definition) is 2. The molecule has 1 nitrogen and oxygen atoms in total. The van der Waals surface area contributed by atoms with Gasteiger partial charge in [0.1, 0.15) is 0 Å². The maximum Gasteiger partial charge on any atom is 0.0713 e. The highest BCUT2D eigenvalue weighted by Gasteiger charge is 2.02. The zero-order valence-corrected chi connectivity index (χ0v) is 10.7. The van der Waals surface area contributed by atoms with Gasteiger partial charge in [-0.1, -0.05) is 48.5 Å². The summed E-state index contributed by atoms with van der Waals surface area (Å²) in [6, 6.07) is 20.9. The molecule has 0 radical (unpaired) electrons. The van der Waals surface area contributed by atoms with Crippen molar-refractivity contribution in [2.75, 3.05) is 0 Å². The zero-order chi connectivity index (χ0) is 12.2. The van der Waals surface area contributed by atoms with Crippen molar-refractivity contribution in [3.8, 4) is 0 Å². The fourth-order valence-corrected chi connectivity index (χ4v) is 2.93. The number of rotatable bonds is 3. The lowest BCUT2D eigenvalue weighted by atomic mass is 10.2. The Morgan fingerprint density at radius 1 is 0.833 bits per heavy atom. The molecule has 1 aromatic heterocycles. The van der Waals surface area contributed by atoms with Gasteiger partial charge in [-0.3, -0.25) is 4.98 Å². The Labute approximate surface area is 111 Å². The van der Waals surface area contributed by atoms with Crippen LogP contribution in [0.3, 0.4) is 0 Å². The molecule has 3 aromatic rings. The van der Waals surface area contributed by atoms with Crippen molar-refractivity contribution in [1.82, 2.24) is 4.98 Å². The van der Waals surface area contributed by atoms with Gasteiger partial charge in [-0.25, -0.2) is 0 Å². The summed E-state index contributed by atoms with van der Waals surface area (Å²) in [5.41, 5.74) is 2.42. The summed E-state index contributed by atoms with van der Waals surface area (Å²) < 4.78 is 0. The van der Waals surface area contributed by atoms with Crippen LogP contribution in [-0.2, 0) is 5.75 Å². The average molecular weight is 251 g/mol. The molecule has 0 amide bonds. The van der Waals surface area contributed by atoms with Gasteiger partial charge in [0.2, 0.25) is 0 Å². The molecule has 2 heteroatoms. The first kappa shape index (κ1) is 11.3. The van der Waals surface area contributed by atoms with Crippen LogP contribution in [-0.4, -0.2) is 4.98 Å². The molecule has 0 unspecified atom stereocenters. The number of fused-ring (bicyclic) bond motifs is 1. The third-order valence-corrected chi connectivity index (χ3v) is 3.99.